The predicted molar refractivity (Wildman–Crippen MR) is 94.8 cm³/mol. The van der Waals surface area contributed by atoms with E-state index in [0.717, 1.165) is 31.1 Å². The van der Waals surface area contributed by atoms with E-state index < -0.39 is 10.0 Å². The van der Waals surface area contributed by atoms with E-state index in [0.29, 0.717) is 17.3 Å². The zero-order chi connectivity index (χ0) is 17.1. The normalized spacial score (nSPS) is 26.2. The molecule has 1 spiro atoms. The lowest BCUT2D eigenvalue weighted by Gasteiger charge is -2.42. The molecule has 0 bridgehead atoms. The molecule has 0 N–H and O–H groups in total. The number of rotatable bonds is 5. The van der Waals surface area contributed by atoms with E-state index in [9.17, 15) is 8.42 Å². The Morgan fingerprint density at radius 3 is 2.80 bits per heavy atom. The van der Waals surface area contributed by atoms with Crippen LogP contribution in [0.1, 0.15) is 43.8 Å². The lowest BCUT2D eigenvalue weighted by Crippen LogP contribution is -2.38. The molecule has 2 aromatic heterocycles. The van der Waals surface area contributed by atoms with Crippen molar-refractivity contribution in [3.8, 4) is 0 Å². The highest BCUT2D eigenvalue weighted by Crippen LogP contribution is 2.56. The lowest BCUT2D eigenvalue weighted by molar-refractivity contribution is 0.125. The van der Waals surface area contributed by atoms with Crippen LogP contribution in [0.4, 0.5) is 0 Å². The molecule has 2 saturated carbocycles. The smallest absolute Gasteiger partial charge is 0.252 e. The minimum Gasteiger partial charge on any atom is -0.317 e. The molecule has 0 aromatic carbocycles. The molecule has 1 aliphatic heterocycles. The van der Waals surface area contributed by atoms with Gasteiger partial charge in [0.25, 0.3) is 10.0 Å². The Morgan fingerprint density at radius 2 is 2.16 bits per heavy atom. The summed E-state index contributed by atoms with van der Waals surface area (Å²) in [5.74, 6) is 1.91. The predicted octanol–water partition coefficient (Wildman–Crippen LogP) is 2.71. The van der Waals surface area contributed by atoms with Crippen molar-refractivity contribution in [1.82, 2.24) is 19.1 Å². The molecule has 25 heavy (non-hydrogen) atoms. The number of sulfonamides is 1. The third-order valence-electron chi connectivity index (χ3n) is 6.16. The van der Waals surface area contributed by atoms with Gasteiger partial charge in [-0.2, -0.15) is 4.31 Å². The van der Waals surface area contributed by atoms with Gasteiger partial charge >= 0.3 is 0 Å². The molecule has 3 fully saturated rings. The third kappa shape index (κ3) is 2.57. The standard InChI is InChI=1S/C17H22N4O2S2/c22-25(23,15-3-1-8-24-15)21-10-14(17(11-21)6-2-7-17)16-19-18-12-20(16)9-13-4-5-13/h1,3,8,12-14H,2,4-7,9-11H2. The van der Waals surface area contributed by atoms with E-state index in [1.807, 2.05) is 11.7 Å². The van der Waals surface area contributed by atoms with Crippen LogP contribution < -0.4 is 0 Å². The van der Waals surface area contributed by atoms with Crippen LogP contribution in [0.3, 0.4) is 0 Å². The molecule has 3 aliphatic rings. The highest BCUT2D eigenvalue weighted by molar-refractivity contribution is 7.91. The fraction of sp³-hybridized carbons (Fsp3) is 0.647. The average molecular weight is 379 g/mol. The molecular weight excluding hydrogens is 356 g/mol. The van der Waals surface area contributed by atoms with E-state index in [-0.39, 0.29) is 11.3 Å². The minimum absolute atomic E-state index is 0.0542. The number of thiophene rings is 1. The molecule has 1 saturated heterocycles. The Bertz CT molecular complexity index is 866. The topological polar surface area (TPSA) is 68.1 Å². The summed E-state index contributed by atoms with van der Waals surface area (Å²) < 4.78 is 30.3. The van der Waals surface area contributed by atoms with Crippen LogP contribution >= 0.6 is 11.3 Å². The first-order valence-corrected chi connectivity index (χ1v) is 11.3. The first-order chi connectivity index (χ1) is 12.1. The summed E-state index contributed by atoms with van der Waals surface area (Å²) in [6, 6.07) is 3.51. The second-order valence-electron chi connectivity index (χ2n) is 7.78. The summed E-state index contributed by atoms with van der Waals surface area (Å²) >= 11 is 1.30. The van der Waals surface area contributed by atoms with Crippen LogP contribution in [0, 0.1) is 11.3 Å². The van der Waals surface area contributed by atoms with Crippen LogP contribution in [-0.2, 0) is 16.6 Å². The lowest BCUT2D eigenvalue weighted by atomic mass is 9.62. The van der Waals surface area contributed by atoms with Crippen molar-refractivity contribution in [3.63, 3.8) is 0 Å². The van der Waals surface area contributed by atoms with Crippen molar-refractivity contribution in [1.29, 1.82) is 0 Å². The SMILES string of the molecule is O=S(=O)(c1cccs1)N1CC(c2nncn2CC2CC2)C2(CCC2)C1. The van der Waals surface area contributed by atoms with Crippen molar-refractivity contribution in [2.24, 2.45) is 11.3 Å². The number of hydrogen-bond acceptors (Lipinski definition) is 5. The summed E-state index contributed by atoms with van der Waals surface area (Å²) in [6.45, 7) is 2.13. The maximum atomic E-state index is 13.0. The van der Waals surface area contributed by atoms with Gasteiger partial charge in [0.05, 0.1) is 0 Å². The summed E-state index contributed by atoms with van der Waals surface area (Å²) in [6.07, 6.45) is 7.75. The van der Waals surface area contributed by atoms with E-state index in [1.165, 1.54) is 30.6 Å². The molecule has 0 amide bonds. The number of aromatic nitrogens is 3. The second-order valence-corrected chi connectivity index (χ2v) is 10.9. The maximum absolute atomic E-state index is 13.0. The van der Waals surface area contributed by atoms with Gasteiger partial charge in [-0.1, -0.05) is 12.5 Å². The van der Waals surface area contributed by atoms with Crippen molar-refractivity contribution in [3.05, 3.63) is 29.7 Å². The van der Waals surface area contributed by atoms with Crippen LogP contribution in [0.15, 0.2) is 28.0 Å². The molecule has 1 atom stereocenters. The summed E-state index contributed by atoms with van der Waals surface area (Å²) in [5.41, 5.74) is 0.0542. The summed E-state index contributed by atoms with van der Waals surface area (Å²) in [4.78, 5) is 0. The van der Waals surface area contributed by atoms with Crippen LogP contribution in [0.5, 0.6) is 0 Å². The van der Waals surface area contributed by atoms with Crippen LogP contribution in [-0.4, -0.2) is 40.6 Å². The van der Waals surface area contributed by atoms with Crippen molar-refractivity contribution < 1.29 is 8.42 Å². The quantitative estimate of drug-likeness (QED) is 0.802. The fourth-order valence-electron chi connectivity index (χ4n) is 4.39. The van der Waals surface area contributed by atoms with Crippen molar-refractivity contribution >= 4 is 21.4 Å². The molecule has 3 heterocycles. The Kier molecular flexibility index (Phi) is 3.59. The van der Waals surface area contributed by atoms with E-state index in [4.69, 9.17) is 0 Å². The van der Waals surface area contributed by atoms with E-state index in [1.54, 1.807) is 16.4 Å². The molecule has 134 valence electrons. The molecule has 2 aliphatic carbocycles. The molecule has 5 rings (SSSR count). The number of nitrogens with zero attached hydrogens (tertiary/aromatic N) is 4. The highest BCUT2D eigenvalue weighted by atomic mass is 32.2. The zero-order valence-corrected chi connectivity index (χ0v) is 15.7. The molecule has 1 unspecified atom stereocenters. The van der Waals surface area contributed by atoms with Gasteiger partial charge in [0.2, 0.25) is 0 Å². The minimum atomic E-state index is -3.40. The summed E-state index contributed by atoms with van der Waals surface area (Å²) in [5, 5.41) is 10.4. The largest absolute Gasteiger partial charge is 0.317 e. The Labute approximate surface area is 151 Å². The Morgan fingerprint density at radius 1 is 1.32 bits per heavy atom. The molecule has 6 nitrogen and oxygen atoms in total. The first kappa shape index (κ1) is 16.0. The molecular formula is C17H22N4O2S2. The van der Waals surface area contributed by atoms with Gasteiger partial charge in [-0.3, -0.25) is 0 Å². The van der Waals surface area contributed by atoms with Crippen molar-refractivity contribution in [2.75, 3.05) is 13.1 Å². The van der Waals surface area contributed by atoms with Crippen LogP contribution in [0.25, 0.3) is 0 Å². The molecule has 2 aromatic rings. The first-order valence-electron chi connectivity index (χ1n) is 9.00. The molecule has 8 heteroatoms. The van der Waals surface area contributed by atoms with Gasteiger partial charge in [0.15, 0.2) is 0 Å². The maximum Gasteiger partial charge on any atom is 0.252 e. The van der Waals surface area contributed by atoms with Gasteiger partial charge < -0.3 is 4.57 Å². The van der Waals surface area contributed by atoms with E-state index in [2.05, 4.69) is 14.8 Å². The van der Waals surface area contributed by atoms with E-state index >= 15 is 0 Å². The van der Waals surface area contributed by atoms with Gasteiger partial charge in [-0.25, -0.2) is 8.42 Å². The second kappa shape index (κ2) is 5.62. The molecule has 0 radical (unpaired) electrons. The monoisotopic (exact) mass is 378 g/mol. The Hall–Kier alpha value is -1.25. The fourth-order valence-corrected chi connectivity index (χ4v) is 7.08. The highest BCUT2D eigenvalue weighted by Gasteiger charge is 2.55. The number of hydrogen-bond donors (Lipinski definition) is 0. The van der Waals surface area contributed by atoms with Crippen molar-refractivity contribution in [2.45, 2.75) is 48.8 Å². The van der Waals surface area contributed by atoms with Gasteiger partial charge in [-0.05, 0) is 48.5 Å². The third-order valence-corrected chi connectivity index (χ3v) is 9.35. The zero-order valence-electron chi connectivity index (χ0n) is 14.0. The van der Waals surface area contributed by atoms with Gasteiger partial charge in [0.1, 0.15) is 16.4 Å². The Balaban J connectivity index is 1.47. The van der Waals surface area contributed by atoms with Gasteiger partial charge in [-0.15, -0.1) is 21.5 Å². The average Bonchev–Trinajstić information content (AvgIpc) is 3.01. The van der Waals surface area contributed by atoms with Gasteiger partial charge in [0, 0.05) is 25.6 Å². The summed E-state index contributed by atoms with van der Waals surface area (Å²) in [7, 11) is -3.40. The van der Waals surface area contributed by atoms with Crippen LogP contribution in [0.2, 0.25) is 0 Å².